The van der Waals surface area contributed by atoms with Crippen LogP contribution in [-0.2, 0) is 0 Å². The predicted molar refractivity (Wildman–Crippen MR) is 73.2 cm³/mol. The van der Waals surface area contributed by atoms with E-state index in [9.17, 15) is 5.11 Å². The van der Waals surface area contributed by atoms with Gasteiger partial charge in [0.15, 0.2) is 0 Å². The SMILES string of the molecule is CCN(CC)CC(O)CNCC1CCCCC1. The van der Waals surface area contributed by atoms with Crippen molar-refractivity contribution < 1.29 is 5.11 Å². The van der Waals surface area contributed by atoms with E-state index >= 15 is 0 Å². The molecule has 0 radical (unpaired) electrons. The van der Waals surface area contributed by atoms with E-state index in [1.165, 1.54) is 32.1 Å². The van der Waals surface area contributed by atoms with Crippen molar-refractivity contribution in [3.63, 3.8) is 0 Å². The summed E-state index contributed by atoms with van der Waals surface area (Å²) in [5.41, 5.74) is 0. The van der Waals surface area contributed by atoms with Crippen molar-refractivity contribution in [2.75, 3.05) is 32.7 Å². The first-order chi connectivity index (χ1) is 8.26. The van der Waals surface area contributed by atoms with E-state index in [0.29, 0.717) is 0 Å². The fourth-order valence-corrected chi connectivity index (χ4v) is 2.69. The van der Waals surface area contributed by atoms with Gasteiger partial charge in [-0.2, -0.15) is 0 Å². The first-order valence-electron chi connectivity index (χ1n) is 7.37. The van der Waals surface area contributed by atoms with Gasteiger partial charge in [0, 0.05) is 13.1 Å². The Hall–Kier alpha value is -0.120. The second-order valence-electron chi connectivity index (χ2n) is 5.30. The highest BCUT2D eigenvalue weighted by Crippen LogP contribution is 2.22. The minimum atomic E-state index is -0.224. The molecule has 1 rings (SSSR count). The van der Waals surface area contributed by atoms with Crippen molar-refractivity contribution in [2.24, 2.45) is 5.92 Å². The summed E-state index contributed by atoms with van der Waals surface area (Å²) < 4.78 is 0. The molecule has 0 aromatic carbocycles. The standard InChI is InChI=1S/C14H30N2O/c1-3-16(4-2)12-14(17)11-15-10-13-8-6-5-7-9-13/h13-15,17H,3-12H2,1-2H3. The number of nitrogens with zero attached hydrogens (tertiary/aromatic N) is 1. The Balaban J connectivity index is 2.04. The van der Waals surface area contributed by atoms with Gasteiger partial charge in [0.05, 0.1) is 6.10 Å². The van der Waals surface area contributed by atoms with Gasteiger partial charge >= 0.3 is 0 Å². The summed E-state index contributed by atoms with van der Waals surface area (Å²) in [5.74, 6) is 0.851. The third-order valence-electron chi connectivity index (χ3n) is 3.90. The van der Waals surface area contributed by atoms with Crippen LogP contribution in [0.5, 0.6) is 0 Å². The molecule has 0 saturated heterocycles. The van der Waals surface area contributed by atoms with Gasteiger partial charge in [0.2, 0.25) is 0 Å². The molecule has 2 N–H and O–H groups in total. The molecule has 1 aliphatic rings. The molecule has 102 valence electrons. The summed E-state index contributed by atoms with van der Waals surface area (Å²) in [6.07, 6.45) is 6.74. The summed E-state index contributed by atoms with van der Waals surface area (Å²) >= 11 is 0. The van der Waals surface area contributed by atoms with Crippen LogP contribution < -0.4 is 5.32 Å². The number of hydrogen-bond acceptors (Lipinski definition) is 3. The van der Waals surface area contributed by atoms with Gasteiger partial charge in [-0.25, -0.2) is 0 Å². The van der Waals surface area contributed by atoms with E-state index in [2.05, 4.69) is 24.1 Å². The Bertz CT molecular complexity index is 177. The van der Waals surface area contributed by atoms with Crippen LogP contribution in [0.15, 0.2) is 0 Å². The lowest BCUT2D eigenvalue weighted by atomic mass is 9.89. The average Bonchev–Trinajstić information content (AvgIpc) is 2.37. The second-order valence-corrected chi connectivity index (χ2v) is 5.30. The molecule has 1 aliphatic carbocycles. The molecule has 0 amide bonds. The van der Waals surface area contributed by atoms with Gasteiger partial charge in [-0.1, -0.05) is 33.1 Å². The highest BCUT2D eigenvalue weighted by Gasteiger charge is 2.14. The van der Waals surface area contributed by atoms with E-state index in [4.69, 9.17) is 0 Å². The van der Waals surface area contributed by atoms with E-state index in [1.54, 1.807) is 0 Å². The molecule has 3 heteroatoms. The molecule has 0 bridgehead atoms. The zero-order valence-electron chi connectivity index (χ0n) is 11.6. The third-order valence-corrected chi connectivity index (χ3v) is 3.90. The van der Waals surface area contributed by atoms with Crippen molar-refractivity contribution in [2.45, 2.75) is 52.1 Å². The molecule has 3 nitrogen and oxygen atoms in total. The van der Waals surface area contributed by atoms with Crippen LogP contribution in [0.4, 0.5) is 0 Å². The first-order valence-corrected chi connectivity index (χ1v) is 7.37. The van der Waals surface area contributed by atoms with E-state index < -0.39 is 0 Å². The van der Waals surface area contributed by atoms with E-state index in [1.807, 2.05) is 0 Å². The van der Waals surface area contributed by atoms with Crippen molar-refractivity contribution in [3.05, 3.63) is 0 Å². The van der Waals surface area contributed by atoms with Crippen molar-refractivity contribution >= 4 is 0 Å². The number of aliphatic hydroxyl groups excluding tert-OH is 1. The maximum Gasteiger partial charge on any atom is 0.0791 e. The number of aliphatic hydroxyl groups is 1. The van der Waals surface area contributed by atoms with E-state index in [0.717, 1.165) is 38.6 Å². The smallest absolute Gasteiger partial charge is 0.0791 e. The lowest BCUT2D eigenvalue weighted by molar-refractivity contribution is 0.115. The quantitative estimate of drug-likeness (QED) is 0.682. The van der Waals surface area contributed by atoms with Crippen LogP contribution in [-0.4, -0.2) is 48.8 Å². The molecule has 0 heterocycles. The third kappa shape index (κ3) is 6.39. The maximum absolute atomic E-state index is 9.91. The monoisotopic (exact) mass is 242 g/mol. The van der Waals surface area contributed by atoms with Crippen molar-refractivity contribution in [1.29, 1.82) is 0 Å². The first kappa shape index (κ1) is 14.9. The number of likely N-dealkylation sites (N-methyl/N-ethyl adjacent to an activating group) is 1. The summed E-state index contributed by atoms with van der Waals surface area (Å²) in [6.45, 7) is 8.97. The molecule has 0 aromatic heterocycles. The van der Waals surface area contributed by atoms with Crippen LogP contribution in [0.2, 0.25) is 0 Å². The molecule has 1 atom stereocenters. The summed E-state index contributed by atoms with van der Waals surface area (Å²) in [5, 5.41) is 13.3. The van der Waals surface area contributed by atoms with Crippen molar-refractivity contribution in [3.8, 4) is 0 Å². The molecule has 1 fully saturated rings. The van der Waals surface area contributed by atoms with Gasteiger partial charge < -0.3 is 15.3 Å². The molecule has 0 aliphatic heterocycles. The Morgan fingerprint density at radius 1 is 1.18 bits per heavy atom. The molecule has 0 spiro atoms. The molecule has 0 aromatic rings. The lowest BCUT2D eigenvalue weighted by Gasteiger charge is -2.24. The fraction of sp³-hybridized carbons (Fsp3) is 1.00. The highest BCUT2D eigenvalue weighted by atomic mass is 16.3. The molecular weight excluding hydrogens is 212 g/mol. The minimum absolute atomic E-state index is 0.224. The molecule has 1 unspecified atom stereocenters. The number of rotatable bonds is 8. The van der Waals surface area contributed by atoms with E-state index in [-0.39, 0.29) is 6.10 Å². The highest BCUT2D eigenvalue weighted by molar-refractivity contribution is 4.70. The molecule has 1 saturated carbocycles. The maximum atomic E-state index is 9.91. The average molecular weight is 242 g/mol. The zero-order chi connectivity index (χ0) is 12.5. The Kier molecular flexibility index (Phi) is 7.82. The minimum Gasteiger partial charge on any atom is -0.390 e. The fourth-order valence-electron chi connectivity index (χ4n) is 2.69. The van der Waals surface area contributed by atoms with Gasteiger partial charge in [-0.15, -0.1) is 0 Å². The van der Waals surface area contributed by atoms with Gasteiger partial charge in [-0.05, 0) is 38.4 Å². The zero-order valence-corrected chi connectivity index (χ0v) is 11.6. The van der Waals surface area contributed by atoms with Crippen LogP contribution in [0.25, 0.3) is 0 Å². The second kappa shape index (κ2) is 8.90. The number of nitrogens with one attached hydrogen (secondary N) is 1. The topological polar surface area (TPSA) is 35.5 Å². The van der Waals surface area contributed by atoms with Crippen molar-refractivity contribution in [1.82, 2.24) is 10.2 Å². The van der Waals surface area contributed by atoms with Crippen LogP contribution in [0.3, 0.4) is 0 Å². The van der Waals surface area contributed by atoms with Crippen LogP contribution >= 0.6 is 0 Å². The number of hydrogen-bond donors (Lipinski definition) is 2. The van der Waals surface area contributed by atoms with Crippen LogP contribution in [0, 0.1) is 5.92 Å². The van der Waals surface area contributed by atoms with Gasteiger partial charge in [0.1, 0.15) is 0 Å². The van der Waals surface area contributed by atoms with Gasteiger partial charge in [-0.3, -0.25) is 0 Å². The summed E-state index contributed by atoms with van der Waals surface area (Å²) in [7, 11) is 0. The largest absolute Gasteiger partial charge is 0.390 e. The van der Waals surface area contributed by atoms with Crippen LogP contribution in [0.1, 0.15) is 46.0 Å². The Morgan fingerprint density at radius 2 is 1.82 bits per heavy atom. The van der Waals surface area contributed by atoms with Gasteiger partial charge in [0.25, 0.3) is 0 Å². The summed E-state index contributed by atoms with van der Waals surface area (Å²) in [4.78, 5) is 2.27. The molecular formula is C14H30N2O. The normalized spacial score (nSPS) is 19.8. The Labute approximate surface area is 107 Å². The predicted octanol–water partition coefficient (Wildman–Crippen LogP) is 1.86. The Morgan fingerprint density at radius 3 is 2.41 bits per heavy atom. The summed E-state index contributed by atoms with van der Waals surface area (Å²) in [6, 6.07) is 0. The lowest BCUT2D eigenvalue weighted by Crippen LogP contribution is -2.39. The molecule has 17 heavy (non-hydrogen) atoms.